The summed E-state index contributed by atoms with van der Waals surface area (Å²) in [4.78, 5) is 24.0. The van der Waals surface area contributed by atoms with Gasteiger partial charge in [0.2, 0.25) is 0 Å². The number of halogens is 3. The molecule has 0 aliphatic heterocycles. The molecule has 4 nitrogen and oxygen atoms in total. The predicted molar refractivity (Wildman–Crippen MR) is 89.4 cm³/mol. The zero-order chi connectivity index (χ0) is 17.8. The standard InChI is InChI=1S/C15H25Cl3O4/c1-10(2)7-8-14(6,9-15(16,17)18)11(19)21-12(20)22-13(3,4)5/h10H,7-9H2,1-6H3/t14-/m0/s1. The van der Waals surface area contributed by atoms with Crippen molar-refractivity contribution in [3.05, 3.63) is 0 Å². The number of carbonyl (C=O) groups excluding carboxylic acids is 2. The van der Waals surface area contributed by atoms with Gasteiger partial charge in [-0.15, -0.1) is 0 Å². The van der Waals surface area contributed by atoms with E-state index in [9.17, 15) is 9.59 Å². The Morgan fingerprint density at radius 3 is 1.91 bits per heavy atom. The second-order valence-electron chi connectivity index (χ2n) is 7.14. The van der Waals surface area contributed by atoms with Gasteiger partial charge in [0.15, 0.2) is 3.79 Å². The van der Waals surface area contributed by atoms with Crippen molar-refractivity contribution in [2.45, 2.75) is 70.2 Å². The van der Waals surface area contributed by atoms with Crippen LogP contribution in [0, 0.1) is 11.3 Å². The Balaban J connectivity index is 5.00. The molecule has 7 heteroatoms. The number of carbonyl (C=O) groups is 2. The lowest BCUT2D eigenvalue weighted by molar-refractivity contribution is -0.153. The van der Waals surface area contributed by atoms with E-state index in [-0.39, 0.29) is 6.42 Å². The predicted octanol–water partition coefficient (Wildman–Crippen LogP) is 5.67. The van der Waals surface area contributed by atoms with Crippen LogP contribution in [0.15, 0.2) is 0 Å². The van der Waals surface area contributed by atoms with E-state index in [1.165, 1.54) is 0 Å². The van der Waals surface area contributed by atoms with Gasteiger partial charge in [-0.3, -0.25) is 4.79 Å². The van der Waals surface area contributed by atoms with Crippen LogP contribution in [0.5, 0.6) is 0 Å². The summed E-state index contributed by atoms with van der Waals surface area (Å²) >= 11 is 17.5. The van der Waals surface area contributed by atoms with Crippen LogP contribution < -0.4 is 0 Å². The van der Waals surface area contributed by atoms with Gasteiger partial charge in [-0.1, -0.05) is 48.7 Å². The maximum atomic E-state index is 12.4. The molecule has 0 amide bonds. The van der Waals surface area contributed by atoms with Crippen LogP contribution in [0.2, 0.25) is 0 Å². The highest BCUT2D eigenvalue weighted by atomic mass is 35.6. The first-order valence-corrected chi connectivity index (χ1v) is 8.30. The van der Waals surface area contributed by atoms with Gasteiger partial charge in [-0.25, -0.2) is 4.79 Å². The van der Waals surface area contributed by atoms with E-state index in [2.05, 4.69) is 0 Å². The highest BCUT2D eigenvalue weighted by Gasteiger charge is 2.43. The van der Waals surface area contributed by atoms with Crippen LogP contribution in [0.3, 0.4) is 0 Å². The molecule has 0 bridgehead atoms. The van der Waals surface area contributed by atoms with Crippen molar-refractivity contribution in [2.75, 3.05) is 0 Å². The Morgan fingerprint density at radius 1 is 1.05 bits per heavy atom. The lowest BCUT2D eigenvalue weighted by Gasteiger charge is -2.30. The van der Waals surface area contributed by atoms with Crippen molar-refractivity contribution in [2.24, 2.45) is 11.3 Å². The molecule has 0 N–H and O–H groups in total. The Labute approximate surface area is 147 Å². The molecule has 0 saturated heterocycles. The molecule has 0 rings (SSSR count). The van der Waals surface area contributed by atoms with Gasteiger partial charge in [-0.2, -0.15) is 0 Å². The molecule has 0 aromatic carbocycles. The Morgan fingerprint density at radius 2 is 1.55 bits per heavy atom. The number of ether oxygens (including phenoxy) is 2. The second kappa shape index (κ2) is 8.07. The monoisotopic (exact) mass is 374 g/mol. The van der Waals surface area contributed by atoms with Crippen LogP contribution in [0.25, 0.3) is 0 Å². The summed E-state index contributed by atoms with van der Waals surface area (Å²) in [5.41, 5.74) is -1.83. The van der Waals surface area contributed by atoms with Gasteiger partial charge in [-0.05, 0) is 46.5 Å². The maximum absolute atomic E-state index is 12.4. The molecular formula is C15H25Cl3O4. The van der Waals surface area contributed by atoms with E-state index in [0.29, 0.717) is 12.3 Å². The van der Waals surface area contributed by atoms with Gasteiger partial charge in [0.1, 0.15) is 5.60 Å². The van der Waals surface area contributed by atoms with Crippen molar-refractivity contribution in [1.29, 1.82) is 0 Å². The second-order valence-corrected chi connectivity index (χ2v) is 9.66. The molecule has 0 aliphatic rings. The largest absolute Gasteiger partial charge is 0.516 e. The van der Waals surface area contributed by atoms with Crippen LogP contribution in [-0.2, 0) is 14.3 Å². The first-order chi connectivity index (χ1) is 9.65. The molecule has 1 atom stereocenters. The molecule has 130 valence electrons. The van der Waals surface area contributed by atoms with Gasteiger partial charge in [0.25, 0.3) is 0 Å². The van der Waals surface area contributed by atoms with E-state index >= 15 is 0 Å². The molecule has 0 aromatic rings. The third kappa shape index (κ3) is 9.75. The number of rotatable bonds is 5. The van der Waals surface area contributed by atoms with Crippen molar-refractivity contribution >= 4 is 46.9 Å². The molecular weight excluding hydrogens is 351 g/mol. The molecule has 0 radical (unpaired) electrons. The van der Waals surface area contributed by atoms with Crippen LogP contribution in [0.4, 0.5) is 4.79 Å². The fraction of sp³-hybridized carbons (Fsp3) is 0.867. The smallest absolute Gasteiger partial charge is 0.428 e. The number of hydrogen-bond donors (Lipinski definition) is 0. The highest BCUT2D eigenvalue weighted by Crippen LogP contribution is 2.43. The van der Waals surface area contributed by atoms with Crippen molar-refractivity contribution < 1.29 is 19.1 Å². The minimum absolute atomic E-state index is 0.0426. The zero-order valence-electron chi connectivity index (χ0n) is 14.0. The molecule has 0 fully saturated rings. The van der Waals surface area contributed by atoms with E-state index < -0.39 is 26.9 Å². The molecule has 0 spiro atoms. The summed E-state index contributed by atoms with van der Waals surface area (Å²) in [5.74, 6) is -0.377. The Kier molecular flexibility index (Phi) is 8.00. The SMILES string of the molecule is CC(C)CC[C@@](C)(CC(Cl)(Cl)Cl)C(=O)OC(=O)OC(C)(C)C. The normalized spacial score (nSPS) is 15.4. The topological polar surface area (TPSA) is 52.6 Å². The summed E-state index contributed by atoms with van der Waals surface area (Å²) in [6.07, 6.45) is 0.0949. The van der Waals surface area contributed by atoms with Crippen molar-refractivity contribution in [3.63, 3.8) is 0 Å². The summed E-state index contributed by atoms with van der Waals surface area (Å²) in [6, 6.07) is 0. The molecule has 0 heterocycles. The Hall–Kier alpha value is -0.190. The van der Waals surface area contributed by atoms with E-state index in [1.54, 1.807) is 27.7 Å². The van der Waals surface area contributed by atoms with Crippen LogP contribution >= 0.6 is 34.8 Å². The van der Waals surface area contributed by atoms with E-state index in [0.717, 1.165) is 6.42 Å². The minimum Gasteiger partial charge on any atom is -0.428 e. The average Bonchev–Trinajstić information content (AvgIpc) is 2.21. The molecule has 0 aliphatic carbocycles. The molecule has 0 aromatic heterocycles. The first-order valence-electron chi connectivity index (χ1n) is 7.17. The fourth-order valence-corrected chi connectivity index (χ4v) is 2.67. The Bertz CT molecular complexity index is 397. The first kappa shape index (κ1) is 21.8. The van der Waals surface area contributed by atoms with Gasteiger partial charge in [0, 0.05) is 6.42 Å². The highest BCUT2D eigenvalue weighted by molar-refractivity contribution is 6.67. The van der Waals surface area contributed by atoms with Crippen LogP contribution in [0.1, 0.15) is 60.8 Å². The summed E-state index contributed by atoms with van der Waals surface area (Å²) in [5, 5.41) is 0. The van der Waals surface area contributed by atoms with Crippen LogP contribution in [-0.4, -0.2) is 21.5 Å². The van der Waals surface area contributed by atoms with Crippen molar-refractivity contribution in [3.8, 4) is 0 Å². The molecule has 22 heavy (non-hydrogen) atoms. The number of esters is 1. The maximum Gasteiger partial charge on any atom is 0.516 e. The molecule has 0 unspecified atom stereocenters. The minimum atomic E-state index is -1.61. The third-order valence-corrected chi connectivity index (χ3v) is 3.32. The fourth-order valence-electron chi connectivity index (χ4n) is 1.78. The number of hydrogen-bond acceptors (Lipinski definition) is 4. The van der Waals surface area contributed by atoms with E-state index in [4.69, 9.17) is 44.3 Å². The van der Waals surface area contributed by atoms with Crippen molar-refractivity contribution in [1.82, 2.24) is 0 Å². The third-order valence-electron chi connectivity index (χ3n) is 2.92. The lowest BCUT2D eigenvalue weighted by Crippen LogP contribution is -2.37. The van der Waals surface area contributed by atoms with Gasteiger partial charge < -0.3 is 9.47 Å². The average molecular weight is 376 g/mol. The summed E-state index contributed by atoms with van der Waals surface area (Å²) in [6.45, 7) is 10.7. The van der Waals surface area contributed by atoms with Gasteiger partial charge >= 0.3 is 12.1 Å². The summed E-state index contributed by atoms with van der Waals surface area (Å²) < 4.78 is 8.16. The van der Waals surface area contributed by atoms with E-state index in [1.807, 2.05) is 13.8 Å². The number of alkyl halides is 3. The molecule has 0 saturated carbocycles. The lowest BCUT2D eigenvalue weighted by atomic mass is 9.81. The quantitative estimate of drug-likeness (QED) is 0.353. The van der Waals surface area contributed by atoms with Gasteiger partial charge in [0.05, 0.1) is 5.41 Å². The summed E-state index contributed by atoms with van der Waals surface area (Å²) in [7, 11) is 0. The zero-order valence-corrected chi connectivity index (χ0v) is 16.2.